The minimum atomic E-state index is 0.636. The van der Waals surface area contributed by atoms with Gasteiger partial charge in [-0.3, -0.25) is 4.98 Å². The number of fused-ring (bicyclic) bond motifs is 1. The van der Waals surface area contributed by atoms with Gasteiger partial charge in [-0.15, -0.1) is 0 Å². The predicted molar refractivity (Wildman–Crippen MR) is 82.8 cm³/mol. The van der Waals surface area contributed by atoms with Gasteiger partial charge in [-0.05, 0) is 19.1 Å². The molecule has 100 valence electrons. The summed E-state index contributed by atoms with van der Waals surface area (Å²) in [6, 6.07) is 15.9. The third kappa shape index (κ3) is 2.07. The van der Waals surface area contributed by atoms with Gasteiger partial charge in [0.2, 0.25) is 0 Å². The fourth-order valence-corrected chi connectivity index (χ4v) is 2.39. The molecule has 20 heavy (non-hydrogen) atoms. The van der Waals surface area contributed by atoms with Crippen LogP contribution in [0.25, 0.3) is 22.0 Å². The monoisotopic (exact) mass is 264 g/mol. The van der Waals surface area contributed by atoms with E-state index in [9.17, 15) is 0 Å². The van der Waals surface area contributed by atoms with Gasteiger partial charge < -0.3 is 10.5 Å². The van der Waals surface area contributed by atoms with Crippen molar-refractivity contribution in [3.05, 3.63) is 54.7 Å². The van der Waals surface area contributed by atoms with Gasteiger partial charge in [0.05, 0.1) is 12.1 Å². The van der Waals surface area contributed by atoms with E-state index in [2.05, 4.69) is 4.98 Å². The lowest BCUT2D eigenvalue weighted by molar-refractivity contribution is 0.341. The Hall–Kier alpha value is -2.55. The number of pyridine rings is 1. The summed E-state index contributed by atoms with van der Waals surface area (Å²) >= 11 is 0. The van der Waals surface area contributed by atoms with Crippen LogP contribution in [-0.4, -0.2) is 11.6 Å². The highest BCUT2D eigenvalue weighted by molar-refractivity contribution is 6.00. The van der Waals surface area contributed by atoms with Gasteiger partial charge in [0, 0.05) is 28.4 Å². The molecule has 3 nitrogen and oxygen atoms in total. The number of benzene rings is 2. The predicted octanol–water partition coefficient (Wildman–Crippen LogP) is 3.88. The molecule has 0 fully saturated rings. The summed E-state index contributed by atoms with van der Waals surface area (Å²) in [6.07, 6.45) is 1.74. The van der Waals surface area contributed by atoms with Gasteiger partial charge in [-0.25, -0.2) is 0 Å². The lowest BCUT2D eigenvalue weighted by Gasteiger charge is -2.12. The maximum absolute atomic E-state index is 6.03. The average Bonchev–Trinajstić information content (AvgIpc) is 2.48. The molecule has 0 atom stereocenters. The molecular formula is C17H16N2O. The van der Waals surface area contributed by atoms with E-state index < -0.39 is 0 Å². The van der Waals surface area contributed by atoms with E-state index in [4.69, 9.17) is 10.5 Å². The van der Waals surface area contributed by atoms with Gasteiger partial charge in [0.1, 0.15) is 5.75 Å². The number of anilines is 1. The van der Waals surface area contributed by atoms with E-state index in [0.717, 1.165) is 33.5 Å². The summed E-state index contributed by atoms with van der Waals surface area (Å²) in [5, 5.41) is 0.969. The summed E-state index contributed by atoms with van der Waals surface area (Å²) in [5.74, 6) is 0.867. The first-order valence-corrected chi connectivity index (χ1v) is 6.66. The quantitative estimate of drug-likeness (QED) is 0.781. The van der Waals surface area contributed by atoms with E-state index in [0.29, 0.717) is 6.61 Å². The Labute approximate surface area is 118 Å². The molecule has 0 aliphatic carbocycles. The number of rotatable bonds is 3. The molecule has 0 aliphatic rings. The minimum absolute atomic E-state index is 0.636. The Morgan fingerprint density at radius 1 is 1.00 bits per heavy atom. The number of hydrogen-bond donors (Lipinski definition) is 1. The second-order valence-corrected chi connectivity index (χ2v) is 4.53. The Bertz CT molecular complexity index is 753. The van der Waals surface area contributed by atoms with Crippen LogP contribution in [0.15, 0.2) is 54.7 Å². The Balaban J connectivity index is 2.28. The number of nitrogens with zero attached hydrogens (tertiary/aromatic N) is 1. The average molecular weight is 264 g/mol. The van der Waals surface area contributed by atoms with Crippen LogP contribution in [0.2, 0.25) is 0 Å². The summed E-state index contributed by atoms with van der Waals surface area (Å²) < 4.78 is 5.71. The largest absolute Gasteiger partial charge is 0.493 e. The van der Waals surface area contributed by atoms with Crippen molar-refractivity contribution in [2.24, 2.45) is 0 Å². The number of nitrogen functional groups attached to an aromatic ring is 1. The SMILES string of the molecule is CCOc1ccccc1-c1cccc2c(N)ccnc12. The van der Waals surface area contributed by atoms with Gasteiger partial charge >= 0.3 is 0 Å². The van der Waals surface area contributed by atoms with Crippen LogP contribution >= 0.6 is 0 Å². The van der Waals surface area contributed by atoms with Crippen molar-refractivity contribution in [2.75, 3.05) is 12.3 Å². The van der Waals surface area contributed by atoms with E-state index in [1.807, 2.05) is 55.5 Å². The van der Waals surface area contributed by atoms with Crippen molar-refractivity contribution in [3.8, 4) is 16.9 Å². The van der Waals surface area contributed by atoms with E-state index >= 15 is 0 Å². The molecule has 1 aromatic heterocycles. The number of para-hydroxylation sites is 2. The highest BCUT2D eigenvalue weighted by Gasteiger charge is 2.10. The van der Waals surface area contributed by atoms with Crippen molar-refractivity contribution in [2.45, 2.75) is 6.92 Å². The van der Waals surface area contributed by atoms with Crippen LogP contribution < -0.4 is 10.5 Å². The minimum Gasteiger partial charge on any atom is -0.493 e. The first-order chi connectivity index (χ1) is 9.81. The number of nitrogens with two attached hydrogens (primary N) is 1. The maximum atomic E-state index is 6.03. The lowest BCUT2D eigenvalue weighted by atomic mass is 10.0. The zero-order valence-corrected chi connectivity index (χ0v) is 11.3. The first kappa shape index (κ1) is 12.5. The van der Waals surface area contributed by atoms with E-state index in [1.54, 1.807) is 6.20 Å². The summed E-state index contributed by atoms with van der Waals surface area (Å²) in [6.45, 7) is 2.62. The molecule has 3 rings (SSSR count). The third-order valence-corrected chi connectivity index (χ3v) is 3.28. The molecule has 2 aromatic carbocycles. The molecule has 0 aliphatic heterocycles. The van der Waals surface area contributed by atoms with Crippen molar-refractivity contribution in [1.29, 1.82) is 0 Å². The molecule has 0 amide bonds. The van der Waals surface area contributed by atoms with Gasteiger partial charge in [0.15, 0.2) is 0 Å². The first-order valence-electron chi connectivity index (χ1n) is 6.66. The molecular weight excluding hydrogens is 248 g/mol. The number of hydrogen-bond acceptors (Lipinski definition) is 3. The zero-order chi connectivity index (χ0) is 13.9. The highest BCUT2D eigenvalue weighted by Crippen LogP contribution is 2.35. The van der Waals surface area contributed by atoms with E-state index in [-0.39, 0.29) is 0 Å². The van der Waals surface area contributed by atoms with Crippen molar-refractivity contribution >= 4 is 16.6 Å². The van der Waals surface area contributed by atoms with Crippen molar-refractivity contribution in [3.63, 3.8) is 0 Å². The number of aromatic nitrogens is 1. The topological polar surface area (TPSA) is 48.1 Å². The zero-order valence-electron chi connectivity index (χ0n) is 11.3. The smallest absolute Gasteiger partial charge is 0.127 e. The molecule has 2 N–H and O–H groups in total. The fourth-order valence-electron chi connectivity index (χ4n) is 2.39. The molecule has 0 radical (unpaired) electrons. The fraction of sp³-hybridized carbons (Fsp3) is 0.118. The van der Waals surface area contributed by atoms with Crippen molar-refractivity contribution < 1.29 is 4.74 Å². The van der Waals surface area contributed by atoms with Crippen LogP contribution in [0, 0.1) is 0 Å². The van der Waals surface area contributed by atoms with Crippen LogP contribution in [0.3, 0.4) is 0 Å². The normalized spacial score (nSPS) is 10.7. The van der Waals surface area contributed by atoms with Gasteiger partial charge in [0.25, 0.3) is 0 Å². The van der Waals surface area contributed by atoms with Crippen LogP contribution in [0.4, 0.5) is 5.69 Å². The molecule has 0 saturated carbocycles. The van der Waals surface area contributed by atoms with Crippen LogP contribution in [0.5, 0.6) is 5.75 Å². The Morgan fingerprint density at radius 3 is 2.65 bits per heavy atom. The van der Waals surface area contributed by atoms with Crippen LogP contribution in [-0.2, 0) is 0 Å². The second-order valence-electron chi connectivity index (χ2n) is 4.53. The molecule has 0 spiro atoms. The molecule has 1 heterocycles. The Kier molecular flexibility index (Phi) is 3.25. The molecule has 3 aromatic rings. The molecule has 0 unspecified atom stereocenters. The molecule has 0 saturated heterocycles. The summed E-state index contributed by atoms with van der Waals surface area (Å²) in [7, 11) is 0. The standard InChI is InChI=1S/C17H16N2O/c1-2-20-16-9-4-3-6-12(16)13-7-5-8-14-15(18)10-11-19-17(13)14/h3-11H,2H2,1H3,(H2,18,19). The summed E-state index contributed by atoms with van der Waals surface area (Å²) in [5.41, 5.74) is 9.75. The number of ether oxygens (including phenoxy) is 1. The molecule has 3 heteroatoms. The summed E-state index contributed by atoms with van der Waals surface area (Å²) in [4.78, 5) is 4.48. The Morgan fingerprint density at radius 2 is 1.80 bits per heavy atom. The van der Waals surface area contributed by atoms with Crippen LogP contribution in [0.1, 0.15) is 6.92 Å². The second kappa shape index (κ2) is 5.21. The maximum Gasteiger partial charge on any atom is 0.127 e. The van der Waals surface area contributed by atoms with Crippen molar-refractivity contribution in [1.82, 2.24) is 4.98 Å². The van der Waals surface area contributed by atoms with Gasteiger partial charge in [-0.2, -0.15) is 0 Å². The lowest BCUT2D eigenvalue weighted by Crippen LogP contribution is -1.95. The third-order valence-electron chi connectivity index (χ3n) is 3.28. The highest BCUT2D eigenvalue weighted by atomic mass is 16.5. The molecule has 0 bridgehead atoms. The van der Waals surface area contributed by atoms with E-state index in [1.165, 1.54) is 0 Å². The van der Waals surface area contributed by atoms with Gasteiger partial charge in [-0.1, -0.05) is 36.4 Å².